The molecule has 4 nitrogen and oxygen atoms in total. The summed E-state index contributed by atoms with van der Waals surface area (Å²) < 4.78 is 24.5. The number of rotatable bonds is 3. The molecular formula is C13H19NO3S. The summed E-state index contributed by atoms with van der Waals surface area (Å²) in [7, 11) is -3.25. The maximum atomic E-state index is 12.3. The highest BCUT2D eigenvalue weighted by Gasteiger charge is 2.27. The van der Waals surface area contributed by atoms with Crippen LogP contribution in [0.2, 0.25) is 0 Å². The Morgan fingerprint density at radius 1 is 1.44 bits per heavy atom. The Bertz CT molecular complexity index is 525. The van der Waals surface area contributed by atoms with Gasteiger partial charge in [-0.3, -0.25) is 0 Å². The van der Waals surface area contributed by atoms with Crippen LogP contribution < -0.4 is 5.32 Å². The molecule has 0 saturated carbocycles. The van der Waals surface area contributed by atoms with Gasteiger partial charge in [0.1, 0.15) is 5.75 Å². The lowest BCUT2D eigenvalue weighted by Crippen LogP contribution is -2.32. The molecule has 0 aromatic heterocycles. The van der Waals surface area contributed by atoms with Crippen LogP contribution in [0.1, 0.15) is 31.7 Å². The van der Waals surface area contributed by atoms with Gasteiger partial charge in [0.25, 0.3) is 0 Å². The number of nitrogens with one attached hydrogen (secondary N) is 1. The highest BCUT2D eigenvalue weighted by Crippen LogP contribution is 2.25. The second-order valence-corrected chi connectivity index (χ2v) is 6.80. The molecule has 1 aromatic rings. The molecule has 0 radical (unpaired) electrons. The Labute approximate surface area is 108 Å². The summed E-state index contributed by atoms with van der Waals surface area (Å²) in [6.07, 6.45) is 2.95. The molecule has 2 rings (SSSR count). The van der Waals surface area contributed by atoms with Crippen LogP contribution in [0.4, 0.5) is 0 Å². The van der Waals surface area contributed by atoms with Crippen LogP contribution in [0, 0.1) is 0 Å². The number of benzene rings is 1. The van der Waals surface area contributed by atoms with Gasteiger partial charge in [-0.25, -0.2) is 8.42 Å². The van der Waals surface area contributed by atoms with E-state index in [1.807, 2.05) is 0 Å². The van der Waals surface area contributed by atoms with E-state index in [0.717, 1.165) is 19.3 Å². The molecule has 1 aromatic carbocycles. The van der Waals surface area contributed by atoms with Crippen molar-refractivity contribution in [3.63, 3.8) is 0 Å². The number of aromatic hydroxyl groups is 1. The van der Waals surface area contributed by atoms with Crippen LogP contribution in [0.25, 0.3) is 0 Å². The Morgan fingerprint density at radius 2 is 2.22 bits per heavy atom. The normalized spacial score (nSPS) is 22.2. The van der Waals surface area contributed by atoms with E-state index in [4.69, 9.17) is 0 Å². The van der Waals surface area contributed by atoms with Gasteiger partial charge in [-0.15, -0.1) is 0 Å². The quantitative estimate of drug-likeness (QED) is 0.878. The lowest BCUT2D eigenvalue weighted by molar-refractivity contribution is 0.471. The van der Waals surface area contributed by atoms with Crippen molar-refractivity contribution >= 4 is 9.84 Å². The zero-order valence-corrected chi connectivity index (χ0v) is 11.3. The fourth-order valence-corrected chi connectivity index (χ4v) is 4.11. The van der Waals surface area contributed by atoms with E-state index in [2.05, 4.69) is 12.2 Å². The van der Waals surface area contributed by atoms with Gasteiger partial charge in [0.2, 0.25) is 0 Å². The predicted octanol–water partition coefficient (Wildman–Crippen LogP) is 1.83. The molecule has 1 aliphatic heterocycles. The van der Waals surface area contributed by atoms with Crippen molar-refractivity contribution in [3.8, 4) is 5.75 Å². The van der Waals surface area contributed by atoms with Crippen LogP contribution in [-0.4, -0.2) is 25.3 Å². The zero-order valence-electron chi connectivity index (χ0n) is 10.5. The summed E-state index contributed by atoms with van der Waals surface area (Å²) in [6, 6.07) is 4.47. The van der Waals surface area contributed by atoms with Gasteiger partial charge in [-0.2, -0.15) is 0 Å². The molecule has 0 fully saturated rings. The molecule has 2 N–H and O–H groups in total. The second kappa shape index (κ2) is 5.28. The molecule has 0 saturated heterocycles. The van der Waals surface area contributed by atoms with Gasteiger partial charge in [0, 0.05) is 12.6 Å². The molecule has 18 heavy (non-hydrogen) atoms. The summed E-state index contributed by atoms with van der Waals surface area (Å²) in [5.41, 5.74) is 0.661. The smallest absolute Gasteiger partial charge is 0.180 e. The van der Waals surface area contributed by atoms with Crippen molar-refractivity contribution in [1.82, 2.24) is 5.32 Å². The maximum absolute atomic E-state index is 12.3. The number of phenols is 1. The molecule has 0 aliphatic carbocycles. The SMILES string of the molecule is CCCC[C@@H]1CS(=O)(=O)c2ccc(O)cc2CN1. The van der Waals surface area contributed by atoms with Gasteiger partial charge >= 0.3 is 0 Å². The van der Waals surface area contributed by atoms with E-state index in [-0.39, 0.29) is 17.5 Å². The fourth-order valence-electron chi connectivity index (χ4n) is 2.31. The van der Waals surface area contributed by atoms with Crippen molar-refractivity contribution < 1.29 is 13.5 Å². The van der Waals surface area contributed by atoms with Crippen molar-refractivity contribution in [2.45, 2.75) is 43.7 Å². The number of hydrogen-bond donors (Lipinski definition) is 2. The standard InChI is InChI=1S/C13H19NO3S/c1-2-3-4-11-9-18(16,17)13-6-5-12(15)7-10(13)8-14-11/h5-7,11,14-15H,2-4,8-9H2,1H3/t11-/m1/s1. The molecule has 1 atom stereocenters. The summed E-state index contributed by atoms with van der Waals surface area (Å²) in [4.78, 5) is 0.354. The Hall–Kier alpha value is -1.07. The van der Waals surface area contributed by atoms with Gasteiger partial charge in [-0.05, 0) is 30.2 Å². The zero-order chi connectivity index (χ0) is 13.2. The van der Waals surface area contributed by atoms with Crippen molar-refractivity contribution in [2.24, 2.45) is 0 Å². The number of fused-ring (bicyclic) bond motifs is 1. The molecule has 0 bridgehead atoms. The molecule has 0 amide bonds. The van der Waals surface area contributed by atoms with E-state index >= 15 is 0 Å². The van der Waals surface area contributed by atoms with E-state index in [1.54, 1.807) is 0 Å². The van der Waals surface area contributed by atoms with Crippen molar-refractivity contribution in [1.29, 1.82) is 0 Å². The summed E-state index contributed by atoms with van der Waals surface area (Å²) in [5.74, 6) is 0.253. The monoisotopic (exact) mass is 269 g/mol. The summed E-state index contributed by atoms with van der Waals surface area (Å²) in [5, 5.41) is 12.7. The molecule has 5 heteroatoms. The first-order chi connectivity index (χ1) is 8.53. The van der Waals surface area contributed by atoms with Crippen molar-refractivity contribution in [2.75, 3.05) is 5.75 Å². The maximum Gasteiger partial charge on any atom is 0.180 e. The molecular weight excluding hydrogens is 250 g/mol. The minimum atomic E-state index is -3.25. The van der Waals surface area contributed by atoms with Crippen molar-refractivity contribution in [3.05, 3.63) is 23.8 Å². The topological polar surface area (TPSA) is 66.4 Å². The summed E-state index contributed by atoms with van der Waals surface area (Å²) in [6.45, 7) is 2.59. The predicted molar refractivity (Wildman–Crippen MR) is 70.3 cm³/mol. The third kappa shape index (κ3) is 2.84. The molecule has 0 spiro atoms. The first-order valence-electron chi connectivity index (χ1n) is 6.31. The number of unbranched alkanes of at least 4 members (excludes halogenated alkanes) is 1. The van der Waals surface area contributed by atoms with Gasteiger partial charge < -0.3 is 10.4 Å². The third-order valence-corrected chi connectivity index (χ3v) is 5.20. The van der Waals surface area contributed by atoms with Gasteiger partial charge in [-0.1, -0.05) is 19.8 Å². The average Bonchev–Trinajstić information content (AvgIpc) is 2.43. The van der Waals surface area contributed by atoms with Crippen LogP contribution in [0.5, 0.6) is 5.75 Å². The van der Waals surface area contributed by atoms with Crippen LogP contribution in [0.3, 0.4) is 0 Å². The largest absolute Gasteiger partial charge is 0.508 e. The van der Waals surface area contributed by atoms with E-state index in [1.165, 1.54) is 18.2 Å². The molecule has 1 aliphatic rings. The van der Waals surface area contributed by atoms with Crippen LogP contribution in [-0.2, 0) is 16.4 Å². The highest BCUT2D eigenvalue weighted by molar-refractivity contribution is 7.91. The van der Waals surface area contributed by atoms with Gasteiger partial charge in [0.15, 0.2) is 9.84 Å². The Kier molecular flexibility index (Phi) is 3.92. The lowest BCUT2D eigenvalue weighted by atomic mass is 10.1. The first-order valence-corrected chi connectivity index (χ1v) is 7.96. The van der Waals surface area contributed by atoms with E-state index in [9.17, 15) is 13.5 Å². The van der Waals surface area contributed by atoms with Crippen LogP contribution in [0.15, 0.2) is 23.1 Å². The number of hydrogen-bond acceptors (Lipinski definition) is 4. The second-order valence-electron chi connectivity index (χ2n) is 4.79. The lowest BCUT2D eigenvalue weighted by Gasteiger charge is -2.14. The molecule has 1 heterocycles. The third-order valence-electron chi connectivity index (χ3n) is 3.29. The Morgan fingerprint density at radius 3 is 2.94 bits per heavy atom. The number of phenolic OH excluding ortho intramolecular Hbond substituents is 1. The Balaban J connectivity index is 2.29. The number of sulfone groups is 1. The van der Waals surface area contributed by atoms with Crippen LogP contribution >= 0.6 is 0 Å². The average molecular weight is 269 g/mol. The molecule has 100 valence electrons. The summed E-state index contributed by atoms with van der Waals surface area (Å²) >= 11 is 0. The fraction of sp³-hybridized carbons (Fsp3) is 0.538. The highest BCUT2D eigenvalue weighted by atomic mass is 32.2. The minimum Gasteiger partial charge on any atom is -0.508 e. The minimum absolute atomic E-state index is 0.00416. The van der Waals surface area contributed by atoms with E-state index < -0.39 is 9.84 Å². The van der Waals surface area contributed by atoms with E-state index in [0.29, 0.717) is 17.0 Å². The molecule has 0 unspecified atom stereocenters. The first kappa shape index (κ1) is 13.4. The van der Waals surface area contributed by atoms with Gasteiger partial charge in [0.05, 0.1) is 10.6 Å².